The quantitative estimate of drug-likeness (QED) is 0.700. The Morgan fingerprint density at radius 2 is 1.96 bits per heavy atom. The van der Waals surface area contributed by atoms with E-state index in [-0.39, 0.29) is 5.91 Å². The lowest BCUT2D eigenvalue weighted by Crippen LogP contribution is -2.38. The van der Waals surface area contributed by atoms with Crippen molar-refractivity contribution in [2.45, 2.75) is 39.2 Å². The Morgan fingerprint density at radius 1 is 1.18 bits per heavy atom. The van der Waals surface area contributed by atoms with Gasteiger partial charge in [0.2, 0.25) is 0 Å². The van der Waals surface area contributed by atoms with E-state index >= 15 is 0 Å². The van der Waals surface area contributed by atoms with E-state index in [2.05, 4.69) is 24.3 Å². The Balaban J connectivity index is 1.41. The van der Waals surface area contributed by atoms with Crippen LogP contribution in [0, 0.1) is 13.8 Å². The van der Waals surface area contributed by atoms with E-state index in [0.29, 0.717) is 12.5 Å². The van der Waals surface area contributed by atoms with Gasteiger partial charge in [-0.2, -0.15) is 0 Å². The number of piperidine rings is 1. The molecular weight excluding hydrogens is 352 g/mol. The van der Waals surface area contributed by atoms with Gasteiger partial charge in [0.15, 0.2) is 5.82 Å². The number of hydrogen-bond donors (Lipinski definition) is 0. The van der Waals surface area contributed by atoms with Gasteiger partial charge in [0.25, 0.3) is 5.91 Å². The number of imidazole rings is 1. The second-order valence-electron chi connectivity index (χ2n) is 7.57. The molecule has 0 saturated carbocycles. The zero-order valence-corrected chi connectivity index (χ0v) is 16.7. The second kappa shape index (κ2) is 7.58. The number of aryl methyl sites for hydroxylation is 2. The van der Waals surface area contributed by atoms with Gasteiger partial charge in [-0.05, 0) is 38.8 Å². The molecule has 3 aromatic rings. The van der Waals surface area contributed by atoms with Gasteiger partial charge in [-0.1, -0.05) is 17.7 Å². The van der Waals surface area contributed by atoms with Gasteiger partial charge in [0, 0.05) is 44.0 Å². The fourth-order valence-corrected chi connectivity index (χ4v) is 3.89. The lowest BCUT2D eigenvalue weighted by Gasteiger charge is -2.31. The van der Waals surface area contributed by atoms with Gasteiger partial charge in [0.1, 0.15) is 11.6 Å². The lowest BCUT2D eigenvalue weighted by molar-refractivity contribution is 0.0710. The van der Waals surface area contributed by atoms with Gasteiger partial charge >= 0.3 is 0 Å². The highest BCUT2D eigenvalue weighted by Crippen LogP contribution is 2.27. The van der Waals surface area contributed by atoms with Crippen molar-refractivity contribution in [3.63, 3.8) is 0 Å². The maximum absolute atomic E-state index is 12.8. The largest absolute Gasteiger partial charge is 0.339 e. The van der Waals surface area contributed by atoms with Crippen LogP contribution in [-0.4, -0.2) is 48.2 Å². The van der Waals surface area contributed by atoms with Crippen LogP contribution in [0.25, 0.3) is 0 Å². The van der Waals surface area contributed by atoms with Crippen LogP contribution in [0.5, 0.6) is 0 Å². The summed E-state index contributed by atoms with van der Waals surface area (Å²) in [6, 6.07) is 7.81. The Morgan fingerprint density at radius 3 is 2.64 bits per heavy atom. The SMILES string of the molecule is Cc1cccc(C(=O)N2CCC(c3nnc(Cn4ccnc4C)n3C)CC2)c1. The minimum atomic E-state index is 0.122. The number of amides is 1. The third-order valence-electron chi connectivity index (χ3n) is 5.65. The number of aromatic nitrogens is 5. The number of carbonyl (C=O) groups excluding carboxylic acids is 1. The molecule has 1 aliphatic heterocycles. The van der Waals surface area contributed by atoms with Crippen LogP contribution in [0.2, 0.25) is 0 Å². The summed E-state index contributed by atoms with van der Waals surface area (Å²) in [6.07, 6.45) is 5.58. The molecule has 7 heteroatoms. The molecule has 2 aromatic heterocycles. The molecule has 0 aliphatic carbocycles. The van der Waals surface area contributed by atoms with Crippen molar-refractivity contribution >= 4 is 5.91 Å². The molecule has 1 aromatic carbocycles. The molecule has 146 valence electrons. The molecule has 1 aliphatic rings. The van der Waals surface area contributed by atoms with Gasteiger partial charge in [-0.3, -0.25) is 4.79 Å². The monoisotopic (exact) mass is 378 g/mol. The standard InChI is InChI=1S/C21H26N6O/c1-15-5-4-6-18(13-15)21(28)26-10-7-17(8-11-26)20-24-23-19(25(20)3)14-27-12-9-22-16(27)2/h4-6,9,12-13,17H,7-8,10-11,14H2,1-3H3. The van der Waals surface area contributed by atoms with Crippen LogP contribution in [0.3, 0.4) is 0 Å². The summed E-state index contributed by atoms with van der Waals surface area (Å²) >= 11 is 0. The molecule has 0 spiro atoms. The smallest absolute Gasteiger partial charge is 0.253 e. The molecule has 0 unspecified atom stereocenters. The normalized spacial score (nSPS) is 15.2. The molecule has 1 saturated heterocycles. The first-order valence-electron chi connectivity index (χ1n) is 9.75. The summed E-state index contributed by atoms with van der Waals surface area (Å²) in [5, 5.41) is 8.87. The maximum Gasteiger partial charge on any atom is 0.253 e. The van der Waals surface area contributed by atoms with Crippen molar-refractivity contribution in [2.75, 3.05) is 13.1 Å². The van der Waals surface area contributed by atoms with Crippen molar-refractivity contribution in [1.29, 1.82) is 0 Å². The molecule has 3 heterocycles. The molecule has 0 atom stereocenters. The Kier molecular flexibility index (Phi) is 4.98. The number of carbonyl (C=O) groups is 1. The molecule has 1 fully saturated rings. The van der Waals surface area contributed by atoms with Crippen molar-refractivity contribution in [3.05, 3.63) is 65.3 Å². The van der Waals surface area contributed by atoms with E-state index in [1.165, 1.54) is 0 Å². The highest BCUT2D eigenvalue weighted by Gasteiger charge is 2.28. The molecule has 0 bridgehead atoms. The third-order valence-corrected chi connectivity index (χ3v) is 5.65. The molecule has 0 N–H and O–H groups in total. The lowest BCUT2D eigenvalue weighted by atomic mass is 9.95. The van der Waals surface area contributed by atoms with Crippen LogP contribution < -0.4 is 0 Å². The topological polar surface area (TPSA) is 68.8 Å². The first-order chi connectivity index (χ1) is 13.5. The van der Waals surface area contributed by atoms with E-state index in [0.717, 1.165) is 54.5 Å². The summed E-state index contributed by atoms with van der Waals surface area (Å²) in [5.74, 6) is 3.35. The van der Waals surface area contributed by atoms with Crippen molar-refractivity contribution in [1.82, 2.24) is 29.2 Å². The van der Waals surface area contributed by atoms with Gasteiger partial charge in [-0.25, -0.2) is 4.98 Å². The van der Waals surface area contributed by atoms with Crippen molar-refractivity contribution < 1.29 is 4.79 Å². The van der Waals surface area contributed by atoms with E-state index < -0.39 is 0 Å². The summed E-state index contributed by atoms with van der Waals surface area (Å²) in [5.41, 5.74) is 1.88. The van der Waals surface area contributed by atoms with Crippen molar-refractivity contribution in [2.24, 2.45) is 7.05 Å². The molecular formula is C21H26N6O. The van der Waals surface area contributed by atoms with Crippen LogP contribution in [-0.2, 0) is 13.6 Å². The van der Waals surface area contributed by atoms with Gasteiger partial charge in [-0.15, -0.1) is 10.2 Å². The maximum atomic E-state index is 12.8. The van der Waals surface area contributed by atoms with Crippen LogP contribution in [0.1, 0.15) is 52.2 Å². The van der Waals surface area contributed by atoms with E-state index in [4.69, 9.17) is 0 Å². The first-order valence-corrected chi connectivity index (χ1v) is 9.75. The molecule has 7 nitrogen and oxygen atoms in total. The average molecular weight is 378 g/mol. The predicted molar refractivity (Wildman–Crippen MR) is 106 cm³/mol. The number of benzene rings is 1. The van der Waals surface area contributed by atoms with Crippen LogP contribution >= 0.6 is 0 Å². The number of rotatable bonds is 4. The van der Waals surface area contributed by atoms with Crippen molar-refractivity contribution in [3.8, 4) is 0 Å². The Labute approximate surface area is 165 Å². The van der Waals surface area contributed by atoms with Gasteiger partial charge in [0.05, 0.1) is 6.54 Å². The minimum absolute atomic E-state index is 0.122. The third kappa shape index (κ3) is 3.56. The zero-order chi connectivity index (χ0) is 19.7. The highest BCUT2D eigenvalue weighted by atomic mass is 16.2. The van der Waals surface area contributed by atoms with Gasteiger partial charge < -0.3 is 14.0 Å². The zero-order valence-electron chi connectivity index (χ0n) is 16.7. The second-order valence-corrected chi connectivity index (χ2v) is 7.57. The average Bonchev–Trinajstić information content (AvgIpc) is 3.27. The van der Waals surface area contributed by atoms with E-state index in [9.17, 15) is 4.79 Å². The highest BCUT2D eigenvalue weighted by molar-refractivity contribution is 5.94. The van der Waals surface area contributed by atoms with E-state index in [1.807, 2.05) is 56.3 Å². The summed E-state index contributed by atoms with van der Waals surface area (Å²) in [6.45, 7) is 6.17. The number of likely N-dealkylation sites (tertiary alicyclic amines) is 1. The predicted octanol–water partition coefficient (Wildman–Crippen LogP) is 2.70. The van der Waals surface area contributed by atoms with Crippen LogP contribution in [0.15, 0.2) is 36.7 Å². The summed E-state index contributed by atoms with van der Waals surface area (Å²) < 4.78 is 4.17. The summed E-state index contributed by atoms with van der Waals surface area (Å²) in [4.78, 5) is 19.0. The molecule has 0 radical (unpaired) electrons. The Bertz CT molecular complexity index is 980. The Hall–Kier alpha value is -2.96. The van der Waals surface area contributed by atoms with Crippen LogP contribution in [0.4, 0.5) is 0 Å². The molecule has 1 amide bonds. The van der Waals surface area contributed by atoms with E-state index in [1.54, 1.807) is 6.20 Å². The fraction of sp³-hybridized carbons (Fsp3) is 0.429. The fourth-order valence-electron chi connectivity index (χ4n) is 3.89. The molecule has 28 heavy (non-hydrogen) atoms. The first kappa shape index (κ1) is 18.4. The minimum Gasteiger partial charge on any atom is -0.339 e. The molecule has 4 rings (SSSR count). The summed E-state index contributed by atoms with van der Waals surface area (Å²) in [7, 11) is 2.03. The number of hydrogen-bond acceptors (Lipinski definition) is 4. The number of nitrogens with zero attached hydrogens (tertiary/aromatic N) is 6.